The van der Waals surface area contributed by atoms with Gasteiger partial charge in [0.05, 0.1) is 11.0 Å². The van der Waals surface area contributed by atoms with Gasteiger partial charge in [-0.15, -0.1) is 0 Å². The number of carbonyl (C=O) groups excluding carboxylic acids is 1. The Balaban J connectivity index is 1.68. The summed E-state index contributed by atoms with van der Waals surface area (Å²) in [5, 5.41) is 2.73. The first-order chi connectivity index (χ1) is 12.0. The Morgan fingerprint density at radius 1 is 1.24 bits per heavy atom. The molecule has 0 spiro atoms. The van der Waals surface area contributed by atoms with Crippen LogP contribution in [0.5, 0.6) is 0 Å². The molecule has 1 aromatic rings. The maximum atomic E-state index is 12.6. The van der Waals surface area contributed by atoms with Crippen LogP contribution >= 0.6 is 0 Å². The Bertz CT molecular complexity index is 777. The fourth-order valence-electron chi connectivity index (χ4n) is 3.11. The smallest absolute Gasteiger partial charge is 0.251 e. The van der Waals surface area contributed by atoms with Gasteiger partial charge < -0.3 is 14.6 Å². The van der Waals surface area contributed by atoms with Crippen molar-refractivity contribution in [1.29, 1.82) is 0 Å². The van der Waals surface area contributed by atoms with Gasteiger partial charge in [0.15, 0.2) is 0 Å². The lowest BCUT2D eigenvalue weighted by atomic mass is 10.2. The number of rotatable bonds is 6. The summed E-state index contributed by atoms with van der Waals surface area (Å²) in [6, 6.07) is 2.49. The molecule has 0 bridgehead atoms. The van der Waals surface area contributed by atoms with E-state index in [4.69, 9.17) is 4.74 Å². The van der Waals surface area contributed by atoms with Crippen molar-refractivity contribution in [3.63, 3.8) is 0 Å². The molecule has 1 atom stereocenters. The second kappa shape index (κ2) is 7.67. The topological polar surface area (TPSA) is 97.7 Å². The van der Waals surface area contributed by atoms with E-state index >= 15 is 0 Å². The van der Waals surface area contributed by atoms with E-state index in [1.807, 2.05) is 0 Å². The van der Waals surface area contributed by atoms with Crippen LogP contribution in [0.3, 0.4) is 0 Å². The van der Waals surface area contributed by atoms with Crippen molar-refractivity contribution in [2.75, 3.05) is 26.2 Å². The van der Waals surface area contributed by atoms with Crippen LogP contribution in [-0.4, -0.2) is 55.5 Å². The molecule has 2 saturated heterocycles. The van der Waals surface area contributed by atoms with Gasteiger partial charge in [0.25, 0.3) is 5.56 Å². The molecule has 2 fully saturated rings. The van der Waals surface area contributed by atoms with Crippen LogP contribution in [0.4, 0.5) is 0 Å². The number of pyridine rings is 1. The average Bonchev–Trinajstić information content (AvgIpc) is 3.28. The first-order valence-electron chi connectivity index (χ1n) is 8.56. The number of carbonyl (C=O) groups is 1. The number of amides is 1. The molecule has 2 aliphatic heterocycles. The Morgan fingerprint density at radius 3 is 2.68 bits per heavy atom. The Labute approximate surface area is 146 Å². The van der Waals surface area contributed by atoms with E-state index < -0.39 is 15.6 Å². The molecular weight excluding hydrogens is 346 g/mol. The minimum Gasteiger partial charge on any atom is -0.376 e. The molecule has 8 nitrogen and oxygen atoms in total. The zero-order chi connectivity index (χ0) is 17.9. The lowest BCUT2D eigenvalue weighted by Gasteiger charge is -2.16. The molecule has 0 saturated carbocycles. The summed E-state index contributed by atoms with van der Waals surface area (Å²) < 4.78 is 33.1. The molecule has 1 amide bonds. The predicted octanol–water partition coefficient (Wildman–Crippen LogP) is -0.0720. The molecule has 0 radical (unpaired) electrons. The monoisotopic (exact) mass is 369 g/mol. The summed E-state index contributed by atoms with van der Waals surface area (Å²) in [6.07, 6.45) is 4.83. The minimum atomic E-state index is -3.62. The van der Waals surface area contributed by atoms with Crippen molar-refractivity contribution in [2.45, 2.75) is 43.2 Å². The van der Waals surface area contributed by atoms with Gasteiger partial charge in [0.1, 0.15) is 6.54 Å². The molecular formula is C16H23N3O5S. The third-order valence-corrected chi connectivity index (χ3v) is 6.41. The van der Waals surface area contributed by atoms with Gasteiger partial charge in [-0.1, -0.05) is 0 Å². The summed E-state index contributed by atoms with van der Waals surface area (Å²) in [6.45, 7) is 1.87. The van der Waals surface area contributed by atoms with E-state index in [-0.39, 0.29) is 23.5 Å². The van der Waals surface area contributed by atoms with E-state index in [1.54, 1.807) is 0 Å². The highest BCUT2D eigenvalue weighted by atomic mass is 32.2. The number of hydrogen-bond acceptors (Lipinski definition) is 5. The Kier molecular flexibility index (Phi) is 5.55. The number of nitrogens with zero attached hydrogens (tertiary/aromatic N) is 2. The quantitative estimate of drug-likeness (QED) is 0.757. The molecule has 138 valence electrons. The first-order valence-corrected chi connectivity index (χ1v) is 10.00. The van der Waals surface area contributed by atoms with Gasteiger partial charge in [-0.25, -0.2) is 8.42 Å². The van der Waals surface area contributed by atoms with E-state index in [9.17, 15) is 18.0 Å². The number of ether oxygens (including phenoxy) is 1. The summed E-state index contributed by atoms with van der Waals surface area (Å²) in [7, 11) is -3.62. The highest BCUT2D eigenvalue weighted by Gasteiger charge is 2.27. The molecule has 3 rings (SSSR count). The molecule has 1 aromatic heterocycles. The number of nitrogens with one attached hydrogen (secondary N) is 1. The molecule has 3 heterocycles. The van der Waals surface area contributed by atoms with E-state index in [2.05, 4.69) is 5.32 Å². The third kappa shape index (κ3) is 4.28. The van der Waals surface area contributed by atoms with Crippen molar-refractivity contribution in [2.24, 2.45) is 0 Å². The van der Waals surface area contributed by atoms with Gasteiger partial charge in [-0.3, -0.25) is 9.59 Å². The number of sulfonamides is 1. The van der Waals surface area contributed by atoms with Crippen molar-refractivity contribution in [3.8, 4) is 0 Å². The summed E-state index contributed by atoms with van der Waals surface area (Å²) >= 11 is 0. The average molecular weight is 369 g/mol. The standard InChI is InChI=1S/C16H23N3O5S/c20-15(17-10-13-4-3-9-24-13)12-18-11-14(5-6-16(18)21)25(22,23)19-7-1-2-8-19/h5-6,11,13H,1-4,7-10,12H2,(H,17,20). The highest BCUT2D eigenvalue weighted by Crippen LogP contribution is 2.19. The SMILES string of the molecule is O=C(Cn1cc(S(=O)(=O)N2CCCC2)ccc1=O)NCC1CCCO1. The van der Waals surface area contributed by atoms with E-state index in [0.29, 0.717) is 26.2 Å². The van der Waals surface area contributed by atoms with Crippen molar-refractivity contribution in [3.05, 3.63) is 28.7 Å². The van der Waals surface area contributed by atoms with E-state index in [1.165, 1.54) is 22.6 Å². The third-order valence-electron chi connectivity index (χ3n) is 4.52. The molecule has 9 heteroatoms. The van der Waals surface area contributed by atoms with Crippen LogP contribution in [0.1, 0.15) is 25.7 Å². The van der Waals surface area contributed by atoms with Crippen LogP contribution in [0, 0.1) is 0 Å². The van der Waals surface area contributed by atoms with Crippen molar-refractivity contribution >= 4 is 15.9 Å². The van der Waals surface area contributed by atoms with Crippen molar-refractivity contribution < 1.29 is 17.9 Å². The number of aromatic nitrogens is 1. The summed E-state index contributed by atoms with van der Waals surface area (Å²) in [5.41, 5.74) is -0.410. The maximum Gasteiger partial charge on any atom is 0.251 e. The first kappa shape index (κ1) is 18.1. The fraction of sp³-hybridized carbons (Fsp3) is 0.625. The molecule has 2 aliphatic rings. The molecule has 0 aromatic carbocycles. The molecule has 25 heavy (non-hydrogen) atoms. The second-order valence-electron chi connectivity index (χ2n) is 6.38. The van der Waals surface area contributed by atoms with Crippen LogP contribution in [0.15, 0.2) is 28.0 Å². The van der Waals surface area contributed by atoms with Gasteiger partial charge in [-0.2, -0.15) is 4.31 Å². The normalized spacial score (nSPS) is 21.5. The zero-order valence-corrected chi connectivity index (χ0v) is 14.8. The van der Waals surface area contributed by atoms with Gasteiger partial charge in [0.2, 0.25) is 15.9 Å². The molecule has 1 N–H and O–H groups in total. The maximum absolute atomic E-state index is 12.6. The zero-order valence-electron chi connectivity index (χ0n) is 14.0. The van der Waals surface area contributed by atoms with Gasteiger partial charge in [-0.05, 0) is 31.7 Å². The summed E-state index contributed by atoms with van der Waals surface area (Å²) in [5.74, 6) is -0.340. The van der Waals surface area contributed by atoms with Crippen molar-refractivity contribution in [1.82, 2.24) is 14.2 Å². The summed E-state index contributed by atoms with van der Waals surface area (Å²) in [4.78, 5) is 24.1. The van der Waals surface area contributed by atoms with Crippen LogP contribution in [-0.2, 0) is 26.1 Å². The Hall–Kier alpha value is -1.71. The fourth-order valence-corrected chi connectivity index (χ4v) is 4.64. The predicted molar refractivity (Wildman–Crippen MR) is 90.7 cm³/mol. The van der Waals surface area contributed by atoms with Crippen LogP contribution in [0.2, 0.25) is 0 Å². The largest absolute Gasteiger partial charge is 0.376 e. The second-order valence-corrected chi connectivity index (χ2v) is 8.32. The van der Waals surface area contributed by atoms with Crippen LogP contribution < -0.4 is 10.9 Å². The van der Waals surface area contributed by atoms with E-state index in [0.717, 1.165) is 30.3 Å². The molecule has 0 aliphatic carbocycles. The number of hydrogen-bond donors (Lipinski definition) is 1. The van der Waals surface area contributed by atoms with Crippen LogP contribution in [0.25, 0.3) is 0 Å². The lowest BCUT2D eigenvalue weighted by molar-refractivity contribution is -0.122. The molecule has 1 unspecified atom stereocenters. The van der Waals surface area contributed by atoms with Gasteiger partial charge >= 0.3 is 0 Å². The minimum absolute atomic E-state index is 0.0163. The lowest BCUT2D eigenvalue weighted by Crippen LogP contribution is -2.36. The Morgan fingerprint density at radius 2 is 2.00 bits per heavy atom. The highest BCUT2D eigenvalue weighted by molar-refractivity contribution is 7.89. The van der Waals surface area contributed by atoms with Gasteiger partial charge in [0, 0.05) is 38.5 Å².